The van der Waals surface area contributed by atoms with E-state index in [0.717, 1.165) is 18.7 Å². The summed E-state index contributed by atoms with van der Waals surface area (Å²) in [6.07, 6.45) is 7.08. The molecule has 0 saturated heterocycles. The second-order valence-corrected chi connectivity index (χ2v) is 4.10. The molecule has 0 spiro atoms. The van der Waals surface area contributed by atoms with Crippen molar-refractivity contribution in [2.45, 2.75) is 19.9 Å². The van der Waals surface area contributed by atoms with Gasteiger partial charge in [-0.1, -0.05) is 6.92 Å². The number of amides is 1. The summed E-state index contributed by atoms with van der Waals surface area (Å²) in [5.74, 6) is 0.317. The second kappa shape index (κ2) is 7.13. The fourth-order valence-electron chi connectivity index (χ4n) is 1.50. The average molecular weight is 272 g/mol. The molecular formula is C13H16N6O. The summed E-state index contributed by atoms with van der Waals surface area (Å²) < 4.78 is 0. The molecule has 2 rings (SSSR count). The van der Waals surface area contributed by atoms with Crippen LogP contribution in [0.3, 0.4) is 0 Å². The summed E-state index contributed by atoms with van der Waals surface area (Å²) in [5.41, 5.74) is 1.02. The number of carbonyl (C=O) groups excluding carboxylic acids is 1. The van der Waals surface area contributed by atoms with Gasteiger partial charge in [0.05, 0.1) is 24.6 Å². The van der Waals surface area contributed by atoms with E-state index in [1.807, 2.05) is 0 Å². The molecule has 104 valence electrons. The molecule has 0 aliphatic heterocycles. The molecule has 0 atom stereocenters. The molecule has 7 nitrogen and oxygen atoms in total. The van der Waals surface area contributed by atoms with Crippen molar-refractivity contribution in [3.8, 4) is 0 Å². The molecule has 0 fully saturated rings. The molecule has 1 amide bonds. The van der Waals surface area contributed by atoms with E-state index in [9.17, 15) is 4.79 Å². The maximum atomic E-state index is 12.0. The first-order valence-corrected chi connectivity index (χ1v) is 6.38. The Hall–Kier alpha value is -2.57. The van der Waals surface area contributed by atoms with Gasteiger partial charge in [0.15, 0.2) is 0 Å². The summed E-state index contributed by atoms with van der Waals surface area (Å²) in [4.78, 5) is 28.0. The van der Waals surface area contributed by atoms with Crippen LogP contribution in [-0.4, -0.2) is 32.4 Å². The van der Waals surface area contributed by atoms with Crippen LogP contribution in [0.2, 0.25) is 0 Å². The quantitative estimate of drug-likeness (QED) is 0.815. The van der Waals surface area contributed by atoms with E-state index in [0.29, 0.717) is 12.4 Å². The van der Waals surface area contributed by atoms with Gasteiger partial charge in [0, 0.05) is 12.7 Å². The van der Waals surface area contributed by atoms with Crippen LogP contribution in [0, 0.1) is 0 Å². The number of hydrogen-bond acceptors (Lipinski definition) is 6. The number of carbonyl (C=O) groups is 1. The lowest BCUT2D eigenvalue weighted by Gasteiger charge is -2.06. The highest BCUT2D eigenvalue weighted by Crippen LogP contribution is 2.02. The molecule has 0 bridgehead atoms. The molecule has 2 heterocycles. The van der Waals surface area contributed by atoms with Crippen molar-refractivity contribution in [3.05, 3.63) is 42.4 Å². The standard InChI is InChI=1S/C13H16N6O/c1-2-4-16-12-8-15-7-11(19-12)13(20)17-6-10-3-5-14-9-18-10/h3,5,7-9H,2,4,6H2,1H3,(H,16,19)(H,17,20). The molecule has 20 heavy (non-hydrogen) atoms. The van der Waals surface area contributed by atoms with Crippen molar-refractivity contribution in [3.63, 3.8) is 0 Å². The van der Waals surface area contributed by atoms with Crippen molar-refractivity contribution < 1.29 is 4.79 Å². The smallest absolute Gasteiger partial charge is 0.271 e. The van der Waals surface area contributed by atoms with Gasteiger partial charge < -0.3 is 10.6 Å². The van der Waals surface area contributed by atoms with E-state index in [2.05, 4.69) is 37.5 Å². The number of anilines is 1. The minimum absolute atomic E-state index is 0.278. The Morgan fingerprint density at radius 1 is 1.30 bits per heavy atom. The maximum Gasteiger partial charge on any atom is 0.271 e. The Labute approximate surface area is 116 Å². The normalized spacial score (nSPS) is 10.1. The van der Waals surface area contributed by atoms with Gasteiger partial charge in [-0.3, -0.25) is 9.78 Å². The highest BCUT2D eigenvalue weighted by atomic mass is 16.1. The van der Waals surface area contributed by atoms with Gasteiger partial charge in [-0.2, -0.15) is 0 Å². The van der Waals surface area contributed by atoms with Gasteiger partial charge in [-0.25, -0.2) is 15.0 Å². The fourth-order valence-corrected chi connectivity index (χ4v) is 1.50. The topological polar surface area (TPSA) is 92.7 Å². The average Bonchev–Trinajstić information content (AvgIpc) is 2.52. The number of aromatic nitrogens is 4. The molecule has 2 aromatic heterocycles. The lowest BCUT2D eigenvalue weighted by molar-refractivity contribution is 0.0945. The van der Waals surface area contributed by atoms with E-state index < -0.39 is 0 Å². The van der Waals surface area contributed by atoms with Crippen molar-refractivity contribution >= 4 is 11.7 Å². The molecule has 2 aromatic rings. The molecule has 0 radical (unpaired) electrons. The van der Waals surface area contributed by atoms with Crippen molar-refractivity contribution in [2.75, 3.05) is 11.9 Å². The van der Waals surface area contributed by atoms with Crippen LogP contribution >= 0.6 is 0 Å². The third-order valence-electron chi connectivity index (χ3n) is 2.50. The van der Waals surface area contributed by atoms with Gasteiger partial charge in [0.25, 0.3) is 5.91 Å². The largest absolute Gasteiger partial charge is 0.369 e. The third-order valence-corrected chi connectivity index (χ3v) is 2.50. The Balaban J connectivity index is 1.95. The van der Waals surface area contributed by atoms with E-state index in [4.69, 9.17) is 0 Å². The zero-order valence-electron chi connectivity index (χ0n) is 11.2. The summed E-state index contributed by atoms with van der Waals surface area (Å²) >= 11 is 0. The zero-order chi connectivity index (χ0) is 14.2. The number of rotatable bonds is 6. The van der Waals surface area contributed by atoms with E-state index >= 15 is 0 Å². The van der Waals surface area contributed by atoms with Gasteiger partial charge in [-0.15, -0.1) is 0 Å². The van der Waals surface area contributed by atoms with Crippen LogP contribution in [0.25, 0.3) is 0 Å². The first kappa shape index (κ1) is 13.9. The SMILES string of the molecule is CCCNc1cncc(C(=O)NCc2ccncn2)n1. The van der Waals surface area contributed by atoms with Crippen LogP contribution in [0.4, 0.5) is 5.82 Å². The number of nitrogens with zero attached hydrogens (tertiary/aromatic N) is 4. The van der Waals surface area contributed by atoms with Gasteiger partial charge in [0.1, 0.15) is 17.8 Å². The highest BCUT2D eigenvalue weighted by Gasteiger charge is 2.08. The number of hydrogen-bond donors (Lipinski definition) is 2. The van der Waals surface area contributed by atoms with Crippen LogP contribution < -0.4 is 10.6 Å². The lowest BCUT2D eigenvalue weighted by atomic mass is 10.3. The maximum absolute atomic E-state index is 12.0. The van der Waals surface area contributed by atoms with Crippen LogP contribution in [-0.2, 0) is 6.54 Å². The van der Waals surface area contributed by atoms with E-state index in [-0.39, 0.29) is 11.6 Å². The van der Waals surface area contributed by atoms with Crippen LogP contribution in [0.1, 0.15) is 29.5 Å². The Morgan fingerprint density at radius 3 is 2.95 bits per heavy atom. The predicted octanol–water partition coefficient (Wildman–Crippen LogP) is 1.02. The third kappa shape index (κ3) is 3.98. The second-order valence-electron chi connectivity index (χ2n) is 4.10. The summed E-state index contributed by atoms with van der Waals surface area (Å²) in [5, 5.41) is 5.83. The Kier molecular flexibility index (Phi) is 4.94. The van der Waals surface area contributed by atoms with Crippen molar-refractivity contribution in [2.24, 2.45) is 0 Å². The minimum Gasteiger partial charge on any atom is -0.369 e. The summed E-state index contributed by atoms with van der Waals surface area (Å²) in [7, 11) is 0. The molecule has 7 heteroatoms. The van der Waals surface area contributed by atoms with E-state index in [1.165, 1.54) is 12.5 Å². The summed E-state index contributed by atoms with van der Waals surface area (Å²) in [6.45, 7) is 3.18. The first-order valence-electron chi connectivity index (χ1n) is 6.38. The summed E-state index contributed by atoms with van der Waals surface area (Å²) in [6, 6.07) is 1.74. The van der Waals surface area contributed by atoms with Gasteiger partial charge in [-0.05, 0) is 12.5 Å². The molecule has 0 aliphatic carbocycles. The molecule has 0 saturated carbocycles. The van der Waals surface area contributed by atoms with E-state index in [1.54, 1.807) is 18.5 Å². The van der Waals surface area contributed by atoms with Crippen LogP contribution in [0.15, 0.2) is 31.0 Å². The predicted molar refractivity (Wildman–Crippen MR) is 74.0 cm³/mol. The molecule has 0 unspecified atom stereocenters. The molecule has 0 aromatic carbocycles. The lowest BCUT2D eigenvalue weighted by Crippen LogP contribution is -2.24. The monoisotopic (exact) mass is 272 g/mol. The van der Waals surface area contributed by atoms with Crippen LogP contribution in [0.5, 0.6) is 0 Å². The highest BCUT2D eigenvalue weighted by molar-refractivity contribution is 5.92. The first-order chi connectivity index (χ1) is 9.79. The minimum atomic E-state index is -0.281. The Morgan fingerprint density at radius 2 is 2.20 bits per heavy atom. The molecule has 0 aliphatic rings. The molecular weight excluding hydrogens is 256 g/mol. The zero-order valence-corrected chi connectivity index (χ0v) is 11.2. The fraction of sp³-hybridized carbons (Fsp3) is 0.308. The van der Waals surface area contributed by atoms with Crippen molar-refractivity contribution in [1.29, 1.82) is 0 Å². The number of nitrogens with one attached hydrogen (secondary N) is 2. The van der Waals surface area contributed by atoms with Crippen molar-refractivity contribution in [1.82, 2.24) is 25.3 Å². The van der Waals surface area contributed by atoms with Gasteiger partial charge >= 0.3 is 0 Å². The molecule has 2 N–H and O–H groups in total. The van der Waals surface area contributed by atoms with Gasteiger partial charge in [0.2, 0.25) is 0 Å². The Bertz CT molecular complexity index is 560.